The molecule has 0 fully saturated rings. The highest BCUT2D eigenvalue weighted by Crippen LogP contribution is 2.08. The maximum Gasteiger partial charge on any atom is 0.208 e. The molecule has 27 heavy (non-hydrogen) atoms. The minimum absolute atomic E-state index is 0.163. The molecule has 0 saturated carbocycles. The van der Waals surface area contributed by atoms with Gasteiger partial charge < -0.3 is 19.7 Å². The summed E-state index contributed by atoms with van der Waals surface area (Å²) in [6.45, 7) is 5.88. The molecule has 0 amide bonds. The van der Waals surface area contributed by atoms with Gasteiger partial charge in [-0.15, -0.1) is 0 Å². The van der Waals surface area contributed by atoms with Gasteiger partial charge in [-0.2, -0.15) is 0 Å². The quantitative estimate of drug-likeness (QED) is 0.481. The van der Waals surface area contributed by atoms with Crippen LogP contribution in [-0.4, -0.2) is 82.7 Å². The summed E-state index contributed by atoms with van der Waals surface area (Å²) >= 11 is 0. The summed E-state index contributed by atoms with van der Waals surface area (Å²) in [5.41, 5.74) is 0.928. The van der Waals surface area contributed by atoms with Crippen LogP contribution in [0.25, 0.3) is 0 Å². The average Bonchev–Trinajstić information content (AvgIpc) is 2.53. The lowest BCUT2D eigenvalue weighted by Crippen LogP contribution is -2.25. The van der Waals surface area contributed by atoms with E-state index in [1.807, 2.05) is 25.8 Å². The molecule has 1 aromatic rings. The molecule has 0 aliphatic rings. The Labute approximate surface area is 162 Å². The second kappa shape index (κ2) is 14.9. The molecule has 1 aromatic carbocycles. The predicted octanol–water partition coefficient (Wildman–Crippen LogP) is -0.252. The number of nitrogens with one attached hydrogen (secondary N) is 1. The lowest BCUT2D eigenvalue weighted by Gasteiger charge is -2.11. The molecule has 0 saturated heterocycles. The van der Waals surface area contributed by atoms with Crippen LogP contribution in [0.4, 0.5) is 0 Å². The van der Waals surface area contributed by atoms with E-state index in [0.717, 1.165) is 18.2 Å². The Balaban J connectivity index is 0. The maximum atomic E-state index is 10.4. The van der Waals surface area contributed by atoms with Crippen molar-refractivity contribution in [3.8, 4) is 0 Å². The first-order valence-electron chi connectivity index (χ1n) is 8.24. The number of hydrogen-bond donors (Lipinski definition) is 3. The summed E-state index contributed by atoms with van der Waals surface area (Å²) in [5, 5.41) is 16.7. The van der Waals surface area contributed by atoms with Crippen LogP contribution in [-0.2, 0) is 20.1 Å². The van der Waals surface area contributed by atoms with Crippen molar-refractivity contribution in [2.45, 2.75) is 25.2 Å². The van der Waals surface area contributed by atoms with Crippen LogP contribution in [0.5, 0.6) is 0 Å². The van der Waals surface area contributed by atoms with Crippen molar-refractivity contribution in [1.29, 1.82) is 0 Å². The Morgan fingerprint density at radius 1 is 1.04 bits per heavy atom. The molecule has 11 heteroatoms. The number of aliphatic hydroxyl groups is 2. The molecule has 0 bridgehead atoms. The number of hydrogen-bond acceptors (Lipinski definition) is 8. The monoisotopic (exact) mass is 427 g/mol. The Morgan fingerprint density at radius 2 is 1.48 bits per heavy atom. The van der Waals surface area contributed by atoms with Crippen LogP contribution >= 0.6 is 0 Å². The Morgan fingerprint density at radius 3 is 1.74 bits per heavy atom. The molecule has 160 valence electrons. The summed E-state index contributed by atoms with van der Waals surface area (Å²) in [5.74, 6) is 0. The minimum atomic E-state index is -4.27. The van der Waals surface area contributed by atoms with Crippen LogP contribution in [0.1, 0.15) is 18.9 Å². The van der Waals surface area contributed by atoms with Gasteiger partial charge in [0, 0.05) is 19.6 Å². The van der Waals surface area contributed by atoms with E-state index in [-0.39, 0.29) is 18.1 Å². The molecule has 0 aromatic heterocycles. The third-order valence-electron chi connectivity index (χ3n) is 2.89. The van der Waals surface area contributed by atoms with Gasteiger partial charge in [-0.05, 0) is 32.5 Å². The first-order chi connectivity index (χ1) is 12.4. The van der Waals surface area contributed by atoms with Gasteiger partial charge in [0.15, 0.2) is 0 Å². The third-order valence-corrected chi connectivity index (χ3v) is 4.47. The number of sulfonamides is 1. The Hall–Kier alpha value is -1.08. The van der Waals surface area contributed by atoms with Gasteiger partial charge in [-0.25, -0.2) is 21.6 Å². The Bertz CT molecular complexity index is 684. The zero-order valence-corrected chi connectivity index (χ0v) is 17.9. The van der Waals surface area contributed by atoms with Crippen LogP contribution in [0.2, 0.25) is 0 Å². The first-order valence-corrected chi connectivity index (χ1v) is 11.5. The van der Waals surface area contributed by atoms with Crippen molar-refractivity contribution in [2.75, 3.05) is 46.2 Å². The molecule has 0 unspecified atom stereocenters. The maximum absolute atomic E-state index is 10.4. The zero-order chi connectivity index (χ0) is 21.5. The number of aliphatic hydroxyl groups excluding tert-OH is 2. The van der Waals surface area contributed by atoms with Crippen molar-refractivity contribution in [2.24, 2.45) is 0 Å². The van der Waals surface area contributed by atoms with Crippen LogP contribution in [0, 0.1) is 6.92 Å². The standard InChI is InChI=1S/C7H8O3S.C5H13NO2.C4H11NO2S/c1-6-2-4-7(5-3-6)11(8,9)10;1-6(2-4-7)3-5-8;1-3-4-5-8(2,6)7/h2-5H,1H3,(H,8,9,10);7-8H,2-5H2,1H3;5H,3-4H2,1-2H3/p-1. The Kier molecular flexibility index (Phi) is 15.5. The summed E-state index contributed by atoms with van der Waals surface area (Å²) in [7, 11) is -5.35. The van der Waals surface area contributed by atoms with E-state index < -0.39 is 20.1 Å². The van der Waals surface area contributed by atoms with Gasteiger partial charge >= 0.3 is 0 Å². The van der Waals surface area contributed by atoms with Crippen molar-refractivity contribution in [1.82, 2.24) is 9.62 Å². The predicted molar refractivity (Wildman–Crippen MR) is 104 cm³/mol. The molecule has 0 heterocycles. The third kappa shape index (κ3) is 19.5. The summed E-state index contributed by atoms with van der Waals surface area (Å²) in [4.78, 5) is 1.68. The second-order valence-corrected chi connectivity index (χ2v) is 8.90. The van der Waals surface area contributed by atoms with E-state index in [9.17, 15) is 21.4 Å². The van der Waals surface area contributed by atoms with Gasteiger partial charge in [0.1, 0.15) is 10.1 Å². The molecule has 3 N–H and O–H groups in total. The SMILES string of the molecule is CCCNS(C)(=O)=O.CN(CCO)CCO.Cc1ccc(S(=O)(=O)[O-])cc1. The molecule has 0 spiro atoms. The van der Waals surface area contributed by atoms with Crippen LogP contribution in [0.15, 0.2) is 29.2 Å². The minimum Gasteiger partial charge on any atom is -0.744 e. The van der Waals surface area contributed by atoms with Crippen molar-refractivity contribution < 1.29 is 31.6 Å². The van der Waals surface area contributed by atoms with Gasteiger partial charge in [0.05, 0.1) is 24.4 Å². The fourth-order valence-corrected chi connectivity index (χ4v) is 2.49. The first kappa shape index (κ1) is 28.1. The van der Waals surface area contributed by atoms with Crippen molar-refractivity contribution >= 4 is 20.1 Å². The van der Waals surface area contributed by atoms with Crippen LogP contribution in [0.3, 0.4) is 0 Å². The van der Waals surface area contributed by atoms with E-state index in [4.69, 9.17) is 10.2 Å². The second-order valence-electron chi connectivity index (χ2n) is 5.68. The smallest absolute Gasteiger partial charge is 0.208 e. The van der Waals surface area contributed by atoms with E-state index in [1.165, 1.54) is 12.1 Å². The van der Waals surface area contributed by atoms with Gasteiger partial charge in [0.2, 0.25) is 10.0 Å². The zero-order valence-electron chi connectivity index (χ0n) is 16.3. The lowest BCUT2D eigenvalue weighted by atomic mass is 10.2. The highest BCUT2D eigenvalue weighted by atomic mass is 32.2. The fraction of sp³-hybridized carbons (Fsp3) is 0.625. The van der Waals surface area contributed by atoms with Crippen LogP contribution < -0.4 is 4.72 Å². The highest BCUT2D eigenvalue weighted by Gasteiger charge is 1.98. The van der Waals surface area contributed by atoms with Gasteiger partial charge in [-0.3, -0.25) is 0 Å². The molecule has 0 atom stereocenters. The van der Waals surface area contributed by atoms with E-state index in [2.05, 4.69) is 4.72 Å². The number of nitrogens with zero attached hydrogens (tertiary/aromatic N) is 1. The average molecular weight is 428 g/mol. The van der Waals surface area contributed by atoms with E-state index in [1.54, 1.807) is 12.1 Å². The summed E-state index contributed by atoms with van der Waals surface area (Å²) in [6, 6.07) is 5.78. The normalized spacial score (nSPS) is 11.3. The summed E-state index contributed by atoms with van der Waals surface area (Å²) in [6.07, 6.45) is 2.00. The lowest BCUT2D eigenvalue weighted by molar-refractivity contribution is 0.184. The van der Waals surface area contributed by atoms with Gasteiger partial charge in [-0.1, -0.05) is 24.6 Å². The van der Waals surface area contributed by atoms with E-state index in [0.29, 0.717) is 19.6 Å². The molecule has 0 aliphatic heterocycles. The molecule has 1 rings (SSSR count). The summed E-state index contributed by atoms with van der Waals surface area (Å²) < 4.78 is 54.1. The van der Waals surface area contributed by atoms with E-state index >= 15 is 0 Å². The van der Waals surface area contributed by atoms with Gasteiger partial charge in [0.25, 0.3) is 0 Å². The topological polar surface area (TPSA) is 147 Å². The molecule has 9 nitrogen and oxygen atoms in total. The molecule has 0 radical (unpaired) electrons. The fourth-order valence-electron chi connectivity index (χ4n) is 1.45. The molecule has 0 aliphatic carbocycles. The molecular formula is C16H31N2O7S2-. The highest BCUT2D eigenvalue weighted by molar-refractivity contribution is 7.88. The number of aryl methyl sites for hydroxylation is 1. The van der Waals surface area contributed by atoms with Crippen molar-refractivity contribution in [3.63, 3.8) is 0 Å². The number of likely N-dealkylation sites (N-methyl/N-ethyl adjacent to an activating group) is 1. The number of rotatable bonds is 8. The van der Waals surface area contributed by atoms with Crippen molar-refractivity contribution in [3.05, 3.63) is 29.8 Å². The number of benzene rings is 1. The largest absolute Gasteiger partial charge is 0.744 e. The molecular weight excluding hydrogens is 396 g/mol.